The first-order valence-electron chi connectivity index (χ1n) is 4.07. The minimum atomic E-state index is -4.49. The molecule has 1 aromatic carbocycles. The monoisotopic (exact) mass is 329 g/mol. The Morgan fingerprint density at radius 2 is 1.94 bits per heavy atom. The quantitative estimate of drug-likeness (QED) is 0.640. The number of halogens is 5. The molecule has 7 heteroatoms. The second-order valence-corrected chi connectivity index (χ2v) is 4.85. The van der Waals surface area contributed by atoms with Crippen LogP contribution in [0.3, 0.4) is 0 Å². The van der Waals surface area contributed by atoms with Crippen LogP contribution in [-0.2, 0) is 6.18 Å². The molecule has 0 unspecified atom stereocenters. The molecule has 1 N–H and O–H groups in total. The number of benzene rings is 1. The van der Waals surface area contributed by atoms with Crippen molar-refractivity contribution in [1.82, 2.24) is 4.98 Å². The molecule has 1 heterocycles. The maximum Gasteiger partial charge on any atom is 0.419 e. The molecule has 2 aromatic rings. The molecule has 0 aliphatic rings. The summed E-state index contributed by atoms with van der Waals surface area (Å²) in [5, 5.41) is 0.722. The first-order chi connectivity index (χ1) is 7.30. The van der Waals surface area contributed by atoms with Crippen molar-refractivity contribution in [3.63, 3.8) is 0 Å². The Bertz CT molecular complexity index is 564. The van der Waals surface area contributed by atoms with Crippen LogP contribution in [0.25, 0.3) is 10.9 Å². The number of nitrogens with one attached hydrogen (secondary N) is 1. The number of H-pyrrole nitrogens is 1. The highest BCUT2D eigenvalue weighted by Gasteiger charge is 2.36. The Morgan fingerprint density at radius 3 is 2.50 bits per heavy atom. The molecular formula is C9H4BrClF3NS. The average Bonchev–Trinajstić information content (AvgIpc) is 2.43. The molecule has 1 aromatic heterocycles. The Morgan fingerprint density at radius 1 is 1.31 bits per heavy atom. The lowest BCUT2D eigenvalue weighted by atomic mass is 10.1. The van der Waals surface area contributed by atoms with Crippen molar-refractivity contribution < 1.29 is 13.2 Å². The van der Waals surface area contributed by atoms with Gasteiger partial charge in [0, 0.05) is 5.39 Å². The summed E-state index contributed by atoms with van der Waals surface area (Å²) in [7, 11) is 0. The maximum atomic E-state index is 12.7. The molecule has 16 heavy (non-hydrogen) atoms. The lowest BCUT2D eigenvalue weighted by Crippen LogP contribution is -2.07. The molecule has 1 nitrogen and oxygen atoms in total. The molecule has 0 fully saturated rings. The Hall–Kier alpha value is -0.330. The smallest absolute Gasteiger partial charge is 0.349 e. The number of hydrogen-bond acceptors (Lipinski definition) is 1. The minimum Gasteiger partial charge on any atom is -0.349 e. The van der Waals surface area contributed by atoms with Crippen molar-refractivity contribution in [3.05, 3.63) is 27.2 Å². The molecule has 0 radical (unpaired) electrons. The second-order valence-electron chi connectivity index (χ2n) is 3.16. The second kappa shape index (κ2) is 3.85. The van der Waals surface area contributed by atoms with Crippen LogP contribution < -0.4 is 0 Å². The molecule has 0 spiro atoms. The van der Waals surface area contributed by atoms with Gasteiger partial charge in [-0.15, -0.1) is 12.6 Å². The summed E-state index contributed by atoms with van der Waals surface area (Å²) in [4.78, 5) is 2.73. The molecule has 0 saturated heterocycles. The van der Waals surface area contributed by atoms with Crippen molar-refractivity contribution in [2.45, 2.75) is 11.2 Å². The molecule has 0 aliphatic heterocycles. The zero-order valence-corrected chi connectivity index (χ0v) is 10.7. The Balaban J connectivity index is 2.85. The van der Waals surface area contributed by atoms with Gasteiger partial charge in [-0.25, -0.2) is 0 Å². The van der Waals surface area contributed by atoms with Crippen LogP contribution in [-0.4, -0.2) is 4.98 Å². The Kier molecular flexibility index (Phi) is 2.92. The van der Waals surface area contributed by atoms with Gasteiger partial charge in [-0.05, 0) is 28.1 Å². The molecule has 2 rings (SSSR count). The normalized spacial score (nSPS) is 12.4. The van der Waals surface area contributed by atoms with Gasteiger partial charge in [0.25, 0.3) is 0 Å². The standard InChI is InChI=1S/C9H4BrClF3NS/c10-7-6(9(12,13)14)4(11)1-3-2-5(16)15-8(3)7/h1-2,15-16H. The highest BCUT2D eigenvalue weighted by Crippen LogP contribution is 2.43. The summed E-state index contributed by atoms with van der Waals surface area (Å²) in [6.45, 7) is 0. The van der Waals surface area contributed by atoms with Gasteiger partial charge in [0.05, 0.1) is 25.6 Å². The van der Waals surface area contributed by atoms with E-state index in [9.17, 15) is 13.2 Å². The van der Waals surface area contributed by atoms with Crippen LogP contribution in [0.5, 0.6) is 0 Å². The predicted octanol–water partition coefficient (Wildman–Crippen LogP) is 4.89. The number of alkyl halides is 3. The fourth-order valence-electron chi connectivity index (χ4n) is 1.45. The molecule has 0 atom stereocenters. The molecule has 0 bridgehead atoms. The van der Waals surface area contributed by atoms with E-state index in [4.69, 9.17) is 11.6 Å². The third-order valence-electron chi connectivity index (χ3n) is 2.08. The van der Waals surface area contributed by atoms with E-state index in [1.807, 2.05) is 0 Å². The van der Waals surface area contributed by atoms with E-state index in [0.717, 1.165) is 0 Å². The highest BCUT2D eigenvalue weighted by atomic mass is 79.9. The van der Waals surface area contributed by atoms with Crippen LogP contribution in [0.2, 0.25) is 5.02 Å². The van der Waals surface area contributed by atoms with E-state index < -0.39 is 11.7 Å². The fourth-order valence-corrected chi connectivity index (χ4v) is 2.90. The van der Waals surface area contributed by atoms with E-state index in [1.54, 1.807) is 6.07 Å². The van der Waals surface area contributed by atoms with E-state index in [-0.39, 0.29) is 9.50 Å². The summed E-state index contributed by atoms with van der Waals surface area (Å²) >= 11 is 12.6. The zero-order chi connectivity index (χ0) is 12.1. The SMILES string of the molecule is FC(F)(F)c1c(Cl)cc2cc(S)[nH]c2c1Br. The van der Waals surface area contributed by atoms with E-state index in [0.29, 0.717) is 15.9 Å². The van der Waals surface area contributed by atoms with Gasteiger partial charge in [-0.1, -0.05) is 11.6 Å². The third-order valence-corrected chi connectivity index (χ3v) is 3.41. The Labute approximate surface area is 108 Å². The third kappa shape index (κ3) is 1.94. The molecular weight excluding hydrogens is 327 g/mol. The summed E-state index contributed by atoms with van der Waals surface area (Å²) < 4.78 is 38.0. The molecule has 0 aliphatic carbocycles. The summed E-state index contributed by atoms with van der Waals surface area (Å²) in [5.41, 5.74) is -0.543. The zero-order valence-electron chi connectivity index (χ0n) is 7.49. The topological polar surface area (TPSA) is 15.8 Å². The summed E-state index contributed by atoms with van der Waals surface area (Å²) in [6, 6.07) is 2.87. The number of thiol groups is 1. The lowest BCUT2D eigenvalue weighted by Gasteiger charge is -2.11. The van der Waals surface area contributed by atoms with E-state index in [2.05, 4.69) is 33.5 Å². The predicted molar refractivity (Wildman–Crippen MR) is 63.3 cm³/mol. The molecule has 0 amide bonds. The van der Waals surface area contributed by atoms with E-state index >= 15 is 0 Å². The number of rotatable bonds is 0. The van der Waals surface area contributed by atoms with Gasteiger partial charge in [0.1, 0.15) is 0 Å². The number of aromatic nitrogens is 1. The van der Waals surface area contributed by atoms with Crippen LogP contribution in [0.4, 0.5) is 13.2 Å². The van der Waals surface area contributed by atoms with Crippen molar-refractivity contribution in [3.8, 4) is 0 Å². The minimum absolute atomic E-state index is 0.0946. The van der Waals surface area contributed by atoms with Crippen molar-refractivity contribution >= 4 is 51.1 Å². The largest absolute Gasteiger partial charge is 0.419 e. The van der Waals surface area contributed by atoms with Crippen molar-refractivity contribution in [1.29, 1.82) is 0 Å². The first kappa shape index (κ1) is 12.1. The fraction of sp³-hybridized carbons (Fsp3) is 0.111. The number of aromatic amines is 1. The number of fused-ring (bicyclic) bond motifs is 1. The summed E-state index contributed by atoms with van der Waals surface area (Å²) in [5.74, 6) is 0. The maximum absolute atomic E-state index is 12.7. The van der Waals surface area contributed by atoms with Crippen LogP contribution >= 0.6 is 40.2 Å². The van der Waals surface area contributed by atoms with Crippen LogP contribution in [0.1, 0.15) is 5.56 Å². The van der Waals surface area contributed by atoms with Gasteiger partial charge in [-0.3, -0.25) is 0 Å². The van der Waals surface area contributed by atoms with Gasteiger partial charge in [0.15, 0.2) is 0 Å². The van der Waals surface area contributed by atoms with Crippen LogP contribution in [0.15, 0.2) is 21.6 Å². The highest BCUT2D eigenvalue weighted by molar-refractivity contribution is 9.10. The lowest BCUT2D eigenvalue weighted by molar-refractivity contribution is -0.138. The molecule has 86 valence electrons. The van der Waals surface area contributed by atoms with Gasteiger partial charge in [-0.2, -0.15) is 13.2 Å². The summed E-state index contributed by atoms with van der Waals surface area (Å²) in [6.07, 6.45) is -4.49. The number of hydrogen-bond donors (Lipinski definition) is 2. The van der Waals surface area contributed by atoms with E-state index in [1.165, 1.54) is 6.07 Å². The molecule has 0 saturated carbocycles. The van der Waals surface area contributed by atoms with Gasteiger partial charge >= 0.3 is 6.18 Å². The van der Waals surface area contributed by atoms with Crippen molar-refractivity contribution in [2.24, 2.45) is 0 Å². The average molecular weight is 331 g/mol. The van der Waals surface area contributed by atoms with Gasteiger partial charge < -0.3 is 4.98 Å². The van der Waals surface area contributed by atoms with Crippen LogP contribution in [0, 0.1) is 0 Å². The first-order valence-corrected chi connectivity index (χ1v) is 5.69. The van der Waals surface area contributed by atoms with Crippen molar-refractivity contribution in [2.75, 3.05) is 0 Å². The van der Waals surface area contributed by atoms with Gasteiger partial charge in [0.2, 0.25) is 0 Å².